The first-order chi connectivity index (χ1) is 12.3. The number of anilines is 1. The summed E-state index contributed by atoms with van der Waals surface area (Å²) in [6.45, 7) is 4.90. The molecule has 0 aliphatic rings. The van der Waals surface area contributed by atoms with Crippen LogP contribution in [-0.4, -0.2) is 36.4 Å². The van der Waals surface area contributed by atoms with Crippen LogP contribution in [0.1, 0.15) is 16.7 Å². The van der Waals surface area contributed by atoms with Crippen molar-refractivity contribution in [2.75, 3.05) is 19.5 Å². The molecule has 0 fully saturated rings. The molecule has 0 radical (unpaired) electrons. The van der Waals surface area contributed by atoms with E-state index < -0.39 is 11.9 Å². The molecule has 0 saturated carbocycles. The molecule has 0 unspecified atom stereocenters. The van der Waals surface area contributed by atoms with Crippen molar-refractivity contribution in [3.05, 3.63) is 53.1 Å². The number of carbonyl (C=O) groups is 2. The topological polar surface area (TPSA) is 105 Å². The van der Waals surface area contributed by atoms with Gasteiger partial charge in [0.1, 0.15) is 11.5 Å². The lowest BCUT2D eigenvalue weighted by Crippen LogP contribution is -2.09. The van der Waals surface area contributed by atoms with Crippen LogP contribution in [0.15, 0.2) is 36.4 Å². The SMILES string of the molecule is COc1ccc(OC)c(CNc2cc(C)cc(C)c2)c1.O=C(O)C(=O)O. The first-order valence-corrected chi connectivity index (χ1v) is 7.76. The van der Waals surface area contributed by atoms with Gasteiger partial charge in [-0.25, -0.2) is 9.59 Å². The van der Waals surface area contributed by atoms with Crippen molar-refractivity contribution < 1.29 is 29.3 Å². The molecule has 0 spiro atoms. The summed E-state index contributed by atoms with van der Waals surface area (Å²) in [7, 11) is 3.35. The molecule has 2 rings (SSSR count). The second kappa shape index (κ2) is 9.93. The fourth-order valence-corrected chi connectivity index (χ4v) is 2.29. The molecule has 7 heteroatoms. The van der Waals surface area contributed by atoms with E-state index in [0.717, 1.165) is 22.7 Å². The highest BCUT2D eigenvalue weighted by Crippen LogP contribution is 2.25. The number of aryl methyl sites for hydroxylation is 2. The van der Waals surface area contributed by atoms with Gasteiger partial charge in [-0.15, -0.1) is 0 Å². The second-order valence-electron chi connectivity index (χ2n) is 5.52. The molecular formula is C19H23NO6. The van der Waals surface area contributed by atoms with E-state index in [1.54, 1.807) is 14.2 Å². The van der Waals surface area contributed by atoms with Crippen LogP contribution in [0.4, 0.5) is 5.69 Å². The third-order valence-corrected chi connectivity index (χ3v) is 3.38. The predicted octanol–water partition coefficient (Wildman–Crippen LogP) is 3.09. The van der Waals surface area contributed by atoms with Gasteiger partial charge in [0.15, 0.2) is 0 Å². The average molecular weight is 361 g/mol. The Labute approximate surface area is 152 Å². The van der Waals surface area contributed by atoms with Crippen molar-refractivity contribution in [1.29, 1.82) is 0 Å². The molecule has 3 N–H and O–H groups in total. The minimum absolute atomic E-state index is 0.698. The van der Waals surface area contributed by atoms with Gasteiger partial charge in [0.25, 0.3) is 0 Å². The first-order valence-electron chi connectivity index (χ1n) is 7.76. The maximum absolute atomic E-state index is 9.10. The largest absolute Gasteiger partial charge is 0.497 e. The van der Waals surface area contributed by atoms with Gasteiger partial charge >= 0.3 is 11.9 Å². The average Bonchev–Trinajstić information content (AvgIpc) is 2.59. The Balaban J connectivity index is 0.000000487. The van der Waals surface area contributed by atoms with Crippen molar-refractivity contribution in [2.24, 2.45) is 0 Å². The lowest BCUT2D eigenvalue weighted by atomic mass is 10.1. The summed E-state index contributed by atoms with van der Waals surface area (Å²) in [6.07, 6.45) is 0. The minimum Gasteiger partial charge on any atom is -0.497 e. The Morgan fingerprint density at radius 3 is 1.96 bits per heavy atom. The summed E-state index contributed by atoms with van der Waals surface area (Å²) in [5, 5.41) is 18.2. The van der Waals surface area contributed by atoms with Crippen LogP contribution in [0, 0.1) is 13.8 Å². The Morgan fingerprint density at radius 2 is 1.50 bits per heavy atom. The van der Waals surface area contributed by atoms with Crippen LogP contribution < -0.4 is 14.8 Å². The number of nitrogens with one attached hydrogen (secondary N) is 1. The van der Waals surface area contributed by atoms with Crippen LogP contribution in [0.25, 0.3) is 0 Å². The zero-order chi connectivity index (χ0) is 19.7. The van der Waals surface area contributed by atoms with E-state index in [4.69, 9.17) is 29.3 Å². The van der Waals surface area contributed by atoms with Crippen molar-refractivity contribution in [3.8, 4) is 11.5 Å². The summed E-state index contributed by atoms with van der Waals surface area (Å²) in [5.41, 5.74) is 4.70. The lowest BCUT2D eigenvalue weighted by Gasteiger charge is -2.13. The molecule has 0 heterocycles. The Kier molecular flexibility index (Phi) is 7.95. The Morgan fingerprint density at radius 1 is 0.923 bits per heavy atom. The number of hydrogen-bond acceptors (Lipinski definition) is 5. The molecule has 140 valence electrons. The van der Waals surface area contributed by atoms with Crippen LogP contribution in [0.5, 0.6) is 11.5 Å². The molecule has 0 aliphatic heterocycles. The Hall–Kier alpha value is -3.22. The first kappa shape index (κ1) is 20.8. The normalized spacial score (nSPS) is 9.54. The van der Waals surface area contributed by atoms with Crippen molar-refractivity contribution in [3.63, 3.8) is 0 Å². The van der Waals surface area contributed by atoms with Gasteiger partial charge in [-0.05, 0) is 55.3 Å². The van der Waals surface area contributed by atoms with E-state index in [1.165, 1.54) is 11.1 Å². The molecule has 0 saturated heterocycles. The molecule has 2 aromatic carbocycles. The molecule has 0 amide bonds. The number of ether oxygens (including phenoxy) is 2. The summed E-state index contributed by atoms with van der Waals surface area (Å²) < 4.78 is 10.6. The molecule has 26 heavy (non-hydrogen) atoms. The van der Waals surface area contributed by atoms with Gasteiger partial charge in [0.05, 0.1) is 14.2 Å². The molecule has 7 nitrogen and oxygen atoms in total. The third-order valence-electron chi connectivity index (χ3n) is 3.38. The standard InChI is InChI=1S/C17H21NO2.C2H2O4/c1-12-7-13(2)9-15(8-12)18-11-14-10-16(19-3)5-6-17(14)20-4;3-1(4)2(5)6/h5-10,18H,11H2,1-4H3;(H,3,4)(H,5,6). The monoisotopic (exact) mass is 361 g/mol. The number of hydrogen-bond donors (Lipinski definition) is 3. The van der Waals surface area contributed by atoms with E-state index >= 15 is 0 Å². The van der Waals surface area contributed by atoms with Gasteiger partial charge in [-0.1, -0.05) is 6.07 Å². The Bertz CT molecular complexity index is 740. The van der Waals surface area contributed by atoms with Gasteiger partial charge in [-0.2, -0.15) is 0 Å². The molecule has 0 bridgehead atoms. The quantitative estimate of drug-likeness (QED) is 0.703. The zero-order valence-electron chi connectivity index (χ0n) is 15.2. The number of aliphatic carboxylic acids is 2. The molecule has 0 aromatic heterocycles. The smallest absolute Gasteiger partial charge is 0.414 e. The van der Waals surface area contributed by atoms with Gasteiger partial charge in [0, 0.05) is 17.8 Å². The van der Waals surface area contributed by atoms with Gasteiger partial charge < -0.3 is 25.0 Å². The van der Waals surface area contributed by atoms with E-state index in [0.29, 0.717) is 6.54 Å². The summed E-state index contributed by atoms with van der Waals surface area (Å²) in [5.74, 6) is -1.95. The molecule has 0 atom stereocenters. The number of benzene rings is 2. The maximum atomic E-state index is 9.10. The van der Waals surface area contributed by atoms with E-state index in [-0.39, 0.29) is 0 Å². The van der Waals surface area contributed by atoms with Gasteiger partial charge in [0.2, 0.25) is 0 Å². The summed E-state index contributed by atoms with van der Waals surface area (Å²) >= 11 is 0. The molecule has 2 aromatic rings. The van der Waals surface area contributed by atoms with Crippen molar-refractivity contribution in [1.82, 2.24) is 0 Å². The highest BCUT2D eigenvalue weighted by molar-refractivity contribution is 6.27. The van der Waals surface area contributed by atoms with Crippen LogP contribution in [0.2, 0.25) is 0 Å². The number of rotatable bonds is 5. The zero-order valence-corrected chi connectivity index (χ0v) is 15.2. The number of carboxylic acid groups (broad SMARTS) is 2. The maximum Gasteiger partial charge on any atom is 0.414 e. The fourth-order valence-electron chi connectivity index (χ4n) is 2.29. The minimum atomic E-state index is -1.82. The predicted molar refractivity (Wildman–Crippen MR) is 98.1 cm³/mol. The van der Waals surface area contributed by atoms with Crippen molar-refractivity contribution >= 4 is 17.6 Å². The lowest BCUT2D eigenvalue weighted by molar-refractivity contribution is -0.159. The van der Waals surface area contributed by atoms with Crippen LogP contribution in [-0.2, 0) is 16.1 Å². The molecule has 0 aliphatic carbocycles. The number of methoxy groups -OCH3 is 2. The highest BCUT2D eigenvalue weighted by Gasteiger charge is 2.05. The molecular weight excluding hydrogens is 338 g/mol. The highest BCUT2D eigenvalue weighted by atomic mass is 16.5. The third kappa shape index (κ3) is 6.72. The summed E-state index contributed by atoms with van der Waals surface area (Å²) in [4.78, 5) is 18.2. The number of carboxylic acids is 2. The van der Waals surface area contributed by atoms with E-state index in [2.05, 4.69) is 37.4 Å². The summed E-state index contributed by atoms with van der Waals surface area (Å²) in [6, 6.07) is 12.3. The van der Waals surface area contributed by atoms with E-state index in [1.807, 2.05) is 18.2 Å². The fraction of sp³-hybridized carbons (Fsp3) is 0.263. The van der Waals surface area contributed by atoms with Crippen molar-refractivity contribution in [2.45, 2.75) is 20.4 Å². The van der Waals surface area contributed by atoms with Crippen LogP contribution in [0.3, 0.4) is 0 Å². The van der Waals surface area contributed by atoms with E-state index in [9.17, 15) is 0 Å². The van der Waals surface area contributed by atoms with Gasteiger partial charge in [-0.3, -0.25) is 0 Å². The van der Waals surface area contributed by atoms with Crippen LogP contribution >= 0.6 is 0 Å². The second-order valence-corrected chi connectivity index (χ2v) is 5.52.